The van der Waals surface area contributed by atoms with Gasteiger partial charge < -0.3 is 5.21 Å². The Kier molecular flexibility index (Phi) is 2.50. The molecule has 10 heavy (non-hydrogen) atoms. The molecule has 0 aromatic carbocycles. The van der Waals surface area contributed by atoms with Crippen LogP contribution in [-0.2, 0) is 0 Å². The number of halogens is 1. The van der Waals surface area contributed by atoms with E-state index in [0.717, 1.165) is 11.5 Å². The molecule has 1 aliphatic heterocycles. The highest BCUT2D eigenvalue weighted by Gasteiger charge is 2.25. The molecule has 3 nitrogen and oxygen atoms in total. The van der Waals surface area contributed by atoms with Gasteiger partial charge in [-0.25, -0.2) is 0 Å². The van der Waals surface area contributed by atoms with Crippen molar-refractivity contribution in [1.29, 1.82) is 5.26 Å². The maximum atomic E-state index is 8.98. The second kappa shape index (κ2) is 3.20. The third-order valence-corrected chi connectivity index (χ3v) is 2.10. The van der Waals surface area contributed by atoms with Gasteiger partial charge in [0.25, 0.3) is 0 Å². The standard InChI is InChI=1S/C6H9ClN2O/c7-6-3-5(4-8)1-2-9(6)10/h5-6,10H,1-3H2. The first-order valence-electron chi connectivity index (χ1n) is 3.23. The highest BCUT2D eigenvalue weighted by atomic mass is 35.5. The summed E-state index contributed by atoms with van der Waals surface area (Å²) in [6.45, 7) is 0.506. The van der Waals surface area contributed by atoms with Crippen molar-refractivity contribution in [3.8, 4) is 6.07 Å². The monoisotopic (exact) mass is 160 g/mol. The summed E-state index contributed by atoms with van der Waals surface area (Å²) in [7, 11) is 0. The molecule has 2 atom stereocenters. The van der Waals surface area contributed by atoms with Crippen molar-refractivity contribution in [2.24, 2.45) is 5.92 Å². The maximum absolute atomic E-state index is 8.98. The highest BCUT2D eigenvalue weighted by molar-refractivity contribution is 6.20. The van der Waals surface area contributed by atoms with Gasteiger partial charge in [-0.3, -0.25) is 0 Å². The van der Waals surface area contributed by atoms with Crippen LogP contribution < -0.4 is 0 Å². The van der Waals surface area contributed by atoms with Crippen LogP contribution in [0.3, 0.4) is 0 Å². The van der Waals surface area contributed by atoms with Crippen molar-refractivity contribution in [2.75, 3.05) is 6.54 Å². The summed E-state index contributed by atoms with van der Waals surface area (Å²) in [4.78, 5) is 0. The molecule has 0 amide bonds. The molecule has 0 saturated carbocycles. The number of piperidine rings is 1. The number of alkyl halides is 1. The van der Waals surface area contributed by atoms with Crippen LogP contribution in [0.4, 0.5) is 0 Å². The fourth-order valence-corrected chi connectivity index (χ4v) is 1.33. The normalized spacial score (nSPS) is 35.3. The molecular weight excluding hydrogens is 152 g/mol. The maximum Gasteiger partial charge on any atom is 0.110 e. The summed E-state index contributed by atoms with van der Waals surface area (Å²) in [6, 6.07) is 2.13. The van der Waals surface area contributed by atoms with Crippen molar-refractivity contribution in [1.82, 2.24) is 5.06 Å². The van der Waals surface area contributed by atoms with Gasteiger partial charge in [-0.2, -0.15) is 10.3 Å². The van der Waals surface area contributed by atoms with E-state index in [1.165, 1.54) is 0 Å². The largest absolute Gasteiger partial charge is 0.313 e. The molecule has 1 heterocycles. The van der Waals surface area contributed by atoms with E-state index in [0.29, 0.717) is 13.0 Å². The average Bonchev–Trinajstić information content (AvgIpc) is 1.95. The minimum Gasteiger partial charge on any atom is -0.313 e. The number of rotatable bonds is 0. The summed E-state index contributed by atoms with van der Waals surface area (Å²) in [5.41, 5.74) is -0.376. The van der Waals surface area contributed by atoms with Crippen molar-refractivity contribution in [3.63, 3.8) is 0 Å². The molecule has 2 unspecified atom stereocenters. The highest BCUT2D eigenvalue weighted by Crippen LogP contribution is 2.22. The molecule has 1 aliphatic rings. The van der Waals surface area contributed by atoms with Gasteiger partial charge in [0.2, 0.25) is 0 Å². The van der Waals surface area contributed by atoms with E-state index in [9.17, 15) is 0 Å². The van der Waals surface area contributed by atoms with Crippen molar-refractivity contribution >= 4 is 11.6 Å². The first-order valence-corrected chi connectivity index (χ1v) is 3.67. The van der Waals surface area contributed by atoms with E-state index in [1.54, 1.807) is 0 Å². The van der Waals surface area contributed by atoms with Crippen LogP contribution in [0.5, 0.6) is 0 Å². The number of nitriles is 1. The van der Waals surface area contributed by atoms with Crippen LogP contribution in [0.15, 0.2) is 0 Å². The van der Waals surface area contributed by atoms with Crippen LogP contribution >= 0.6 is 11.6 Å². The zero-order valence-corrected chi connectivity index (χ0v) is 6.25. The van der Waals surface area contributed by atoms with E-state index in [-0.39, 0.29) is 11.4 Å². The minimum atomic E-state index is -0.376. The SMILES string of the molecule is N#CC1CCN(O)C(Cl)C1. The number of hydroxylamine groups is 2. The zero-order valence-electron chi connectivity index (χ0n) is 5.50. The fourth-order valence-electron chi connectivity index (χ4n) is 1.02. The Bertz CT molecular complexity index is 156. The first-order chi connectivity index (χ1) is 4.74. The molecule has 0 spiro atoms. The predicted octanol–water partition coefficient (Wildman–Crippen LogP) is 1.18. The Hall–Kier alpha value is -0.300. The van der Waals surface area contributed by atoms with Gasteiger partial charge in [-0.15, -0.1) is 11.6 Å². The average molecular weight is 161 g/mol. The molecule has 0 bridgehead atoms. The Labute approximate surface area is 64.8 Å². The zero-order chi connectivity index (χ0) is 7.56. The second-order valence-corrected chi connectivity index (χ2v) is 2.95. The number of hydrogen-bond donors (Lipinski definition) is 1. The molecule has 4 heteroatoms. The Morgan fingerprint density at radius 3 is 2.90 bits per heavy atom. The molecule has 1 saturated heterocycles. The van der Waals surface area contributed by atoms with Gasteiger partial charge in [0.1, 0.15) is 5.50 Å². The molecular formula is C6H9ClN2O. The minimum absolute atomic E-state index is 0.0194. The molecule has 1 fully saturated rings. The van der Waals surface area contributed by atoms with Crippen LogP contribution in [0, 0.1) is 17.2 Å². The van der Waals surface area contributed by atoms with Gasteiger partial charge >= 0.3 is 0 Å². The topological polar surface area (TPSA) is 47.3 Å². The Morgan fingerprint density at radius 2 is 2.40 bits per heavy atom. The predicted molar refractivity (Wildman–Crippen MR) is 36.5 cm³/mol. The van der Waals surface area contributed by atoms with Crippen LogP contribution in [0.1, 0.15) is 12.8 Å². The van der Waals surface area contributed by atoms with Gasteiger partial charge in [0.05, 0.1) is 12.0 Å². The molecule has 56 valence electrons. The lowest BCUT2D eigenvalue weighted by Crippen LogP contribution is -2.36. The third-order valence-electron chi connectivity index (χ3n) is 1.69. The summed E-state index contributed by atoms with van der Waals surface area (Å²) in [5, 5.41) is 18.5. The lowest BCUT2D eigenvalue weighted by Gasteiger charge is -2.28. The molecule has 0 aromatic heterocycles. The number of nitrogens with zero attached hydrogens (tertiary/aromatic N) is 2. The lowest BCUT2D eigenvalue weighted by molar-refractivity contribution is -0.122. The van der Waals surface area contributed by atoms with E-state index < -0.39 is 0 Å². The molecule has 0 aliphatic carbocycles. The summed E-state index contributed by atoms with van der Waals surface area (Å²) < 4.78 is 0. The molecule has 0 aromatic rings. The summed E-state index contributed by atoms with van der Waals surface area (Å²) in [6.07, 6.45) is 1.28. The van der Waals surface area contributed by atoms with Crippen molar-refractivity contribution in [2.45, 2.75) is 18.3 Å². The lowest BCUT2D eigenvalue weighted by atomic mass is 10.00. The second-order valence-electron chi connectivity index (χ2n) is 2.45. The molecule has 0 radical (unpaired) electrons. The molecule has 1 rings (SSSR count). The van der Waals surface area contributed by atoms with Crippen molar-refractivity contribution < 1.29 is 5.21 Å². The van der Waals surface area contributed by atoms with E-state index in [1.807, 2.05) is 0 Å². The Morgan fingerprint density at radius 1 is 1.70 bits per heavy atom. The summed E-state index contributed by atoms with van der Waals surface area (Å²) in [5.74, 6) is 0.0194. The van der Waals surface area contributed by atoms with Crippen LogP contribution in [-0.4, -0.2) is 22.3 Å². The quantitative estimate of drug-likeness (QED) is 0.428. The third kappa shape index (κ3) is 1.60. The van der Waals surface area contributed by atoms with E-state index in [2.05, 4.69) is 6.07 Å². The van der Waals surface area contributed by atoms with Gasteiger partial charge in [-0.05, 0) is 12.8 Å². The van der Waals surface area contributed by atoms with E-state index >= 15 is 0 Å². The van der Waals surface area contributed by atoms with Crippen molar-refractivity contribution in [3.05, 3.63) is 0 Å². The molecule has 1 N–H and O–H groups in total. The summed E-state index contributed by atoms with van der Waals surface area (Å²) >= 11 is 5.67. The van der Waals surface area contributed by atoms with Gasteiger partial charge in [0, 0.05) is 6.54 Å². The van der Waals surface area contributed by atoms with E-state index in [4.69, 9.17) is 22.1 Å². The van der Waals surface area contributed by atoms with Gasteiger partial charge in [0.15, 0.2) is 0 Å². The number of hydrogen-bond acceptors (Lipinski definition) is 3. The first kappa shape index (κ1) is 7.80. The van der Waals surface area contributed by atoms with Crippen LogP contribution in [0.25, 0.3) is 0 Å². The smallest absolute Gasteiger partial charge is 0.110 e. The van der Waals surface area contributed by atoms with Gasteiger partial charge in [-0.1, -0.05) is 0 Å². The fraction of sp³-hybridized carbons (Fsp3) is 0.833. The Balaban J connectivity index is 2.42. The van der Waals surface area contributed by atoms with Crippen LogP contribution in [0.2, 0.25) is 0 Å².